The molecule has 0 saturated heterocycles. The first-order valence-corrected chi connectivity index (χ1v) is 5.27. The molecule has 0 aliphatic carbocycles. The fraction of sp³-hybridized carbons (Fsp3) is 0.417. The van der Waals surface area contributed by atoms with Gasteiger partial charge in [0, 0.05) is 13.6 Å². The van der Waals surface area contributed by atoms with E-state index in [4.69, 9.17) is 10.5 Å². The molecule has 0 aliphatic rings. The SMILES string of the molecule is CN=C(N)NCCc1cc(C)ccc1OC. The van der Waals surface area contributed by atoms with Gasteiger partial charge in [-0.3, -0.25) is 4.99 Å². The number of nitrogens with one attached hydrogen (secondary N) is 1. The van der Waals surface area contributed by atoms with Crippen molar-refractivity contribution in [2.75, 3.05) is 20.7 Å². The Morgan fingerprint density at radius 3 is 2.88 bits per heavy atom. The fourth-order valence-corrected chi connectivity index (χ4v) is 1.51. The number of aliphatic imine (C=N–C) groups is 1. The summed E-state index contributed by atoms with van der Waals surface area (Å²) in [4.78, 5) is 3.83. The van der Waals surface area contributed by atoms with Crippen LogP contribution in [0.5, 0.6) is 5.75 Å². The van der Waals surface area contributed by atoms with E-state index in [9.17, 15) is 0 Å². The average molecular weight is 221 g/mol. The second-order valence-corrected chi connectivity index (χ2v) is 3.60. The van der Waals surface area contributed by atoms with Crippen molar-refractivity contribution >= 4 is 5.96 Å². The maximum atomic E-state index is 5.55. The Morgan fingerprint density at radius 2 is 2.25 bits per heavy atom. The summed E-state index contributed by atoms with van der Waals surface area (Å²) in [5.74, 6) is 1.38. The van der Waals surface area contributed by atoms with Gasteiger partial charge >= 0.3 is 0 Å². The number of hydrogen-bond acceptors (Lipinski definition) is 2. The second-order valence-electron chi connectivity index (χ2n) is 3.60. The summed E-state index contributed by atoms with van der Waals surface area (Å²) in [5, 5.41) is 3.02. The van der Waals surface area contributed by atoms with Crippen molar-refractivity contribution in [3.05, 3.63) is 29.3 Å². The van der Waals surface area contributed by atoms with E-state index in [0.29, 0.717) is 5.96 Å². The fourth-order valence-electron chi connectivity index (χ4n) is 1.51. The van der Waals surface area contributed by atoms with Gasteiger partial charge in [0.2, 0.25) is 0 Å². The first-order chi connectivity index (χ1) is 7.67. The predicted octanol–water partition coefficient (Wildman–Crippen LogP) is 1.08. The standard InChI is InChI=1S/C12H19N3O/c1-9-4-5-11(16-3)10(8-9)6-7-15-12(13)14-2/h4-5,8H,6-7H2,1-3H3,(H3,13,14,15). The lowest BCUT2D eigenvalue weighted by Crippen LogP contribution is -2.32. The van der Waals surface area contributed by atoms with E-state index >= 15 is 0 Å². The van der Waals surface area contributed by atoms with E-state index in [-0.39, 0.29) is 0 Å². The van der Waals surface area contributed by atoms with Gasteiger partial charge in [-0.1, -0.05) is 17.7 Å². The van der Waals surface area contributed by atoms with Crippen LogP contribution >= 0.6 is 0 Å². The molecule has 0 spiro atoms. The van der Waals surface area contributed by atoms with Gasteiger partial charge in [0.15, 0.2) is 5.96 Å². The molecule has 0 atom stereocenters. The minimum atomic E-state index is 0.464. The highest BCUT2D eigenvalue weighted by molar-refractivity contribution is 5.77. The molecule has 0 saturated carbocycles. The van der Waals surface area contributed by atoms with E-state index in [2.05, 4.69) is 23.3 Å². The Bertz CT molecular complexity index is 375. The molecular weight excluding hydrogens is 202 g/mol. The number of ether oxygens (including phenoxy) is 1. The molecule has 88 valence electrons. The normalized spacial score (nSPS) is 11.3. The second kappa shape index (κ2) is 6.00. The summed E-state index contributed by atoms with van der Waals surface area (Å²) in [5.41, 5.74) is 7.95. The molecule has 0 aliphatic heterocycles. The summed E-state index contributed by atoms with van der Waals surface area (Å²) in [6.45, 7) is 2.82. The van der Waals surface area contributed by atoms with Crippen LogP contribution in [0.15, 0.2) is 23.2 Å². The van der Waals surface area contributed by atoms with Crippen LogP contribution in [0.4, 0.5) is 0 Å². The molecular formula is C12H19N3O. The van der Waals surface area contributed by atoms with Gasteiger partial charge in [0.05, 0.1) is 7.11 Å². The average Bonchev–Trinajstić information content (AvgIpc) is 2.29. The van der Waals surface area contributed by atoms with E-state index < -0.39 is 0 Å². The first kappa shape index (κ1) is 12.4. The number of benzene rings is 1. The zero-order valence-corrected chi connectivity index (χ0v) is 10.1. The highest BCUT2D eigenvalue weighted by Gasteiger charge is 2.02. The number of hydrogen-bond donors (Lipinski definition) is 2. The van der Waals surface area contributed by atoms with Gasteiger partial charge in [-0.05, 0) is 25.0 Å². The van der Waals surface area contributed by atoms with Gasteiger partial charge in [0.25, 0.3) is 0 Å². The van der Waals surface area contributed by atoms with Gasteiger partial charge in [-0.25, -0.2) is 0 Å². The van der Waals surface area contributed by atoms with E-state index in [0.717, 1.165) is 18.7 Å². The Balaban J connectivity index is 2.62. The Morgan fingerprint density at radius 1 is 1.50 bits per heavy atom. The lowest BCUT2D eigenvalue weighted by atomic mass is 10.1. The van der Waals surface area contributed by atoms with Crippen LogP contribution in [0.3, 0.4) is 0 Å². The van der Waals surface area contributed by atoms with Crippen molar-refractivity contribution in [2.45, 2.75) is 13.3 Å². The van der Waals surface area contributed by atoms with Gasteiger partial charge in [0.1, 0.15) is 5.75 Å². The predicted molar refractivity (Wildman–Crippen MR) is 67.0 cm³/mol. The Hall–Kier alpha value is -1.71. The zero-order chi connectivity index (χ0) is 12.0. The van der Waals surface area contributed by atoms with Crippen LogP contribution < -0.4 is 15.8 Å². The summed E-state index contributed by atoms with van der Waals surface area (Å²) in [6.07, 6.45) is 0.862. The molecule has 0 heterocycles. The van der Waals surface area contributed by atoms with Crippen molar-refractivity contribution in [1.82, 2.24) is 5.32 Å². The van der Waals surface area contributed by atoms with Crippen molar-refractivity contribution < 1.29 is 4.74 Å². The number of rotatable bonds is 4. The third kappa shape index (κ3) is 3.46. The topological polar surface area (TPSA) is 59.6 Å². The third-order valence-electron chi connectivity index (χ3n) is 2.38. The largest absolute Gasteiger partial charge is 0.496 e. The molecule has 0 aromatic heterocycles. The maximum Gasteiger partial charge on any atom is 0.188 e. The zero-order valence-electron chi connectivity index (χ0n) is 10.1. The van der Waals surface area contributed by atoms with Crippen molar-refractivity contribution in [2.24, 2.45) is 10.7 Å². The molecule has 4 heteroatoms. The molecule has 4 nitrogen and oxygen atoms in total. The lowest BCUT2D eigenvalue weighted by Gasteiger charge is -2.10. The smallest absolute Gasteiger partial charge is 0.188 e. The highest BCUT2D eigenvalue weighted by atomic mass is 16.5. The number of aryl methyl sites for hydroxylation is 1. The molecule has 0 amide bonds. The highest BCUT2D eigenvalue weighted by Crippen LogP contribution is 2.19. The summed E-state index contributed by atoms with van der Waals surface area (Å²) in [6, 6.07) is 6.15. The van der Waals surface area contributed by atoms with E-state index in [1.807, 2.05) is 12.1 Å². The summed E-state index contributed by atoms with van der Waals surface area (Å²) < 4.78 is 5.29. The first-order valence-electron chi connectivity index (χ1n) is 5.27. The molecule has 0 bridgehead atoms. The summed E-state index contributed by atoms with van der Waals surface area (Å²) >= 11 is 0. The Labute approximate surface area is 96.5 Å². The van der Waals surface area contributed by atoms with Crippen LogP contribution in [0.25, 0.3) is 0 Å². The van der Waals surface area contributed by atoms with Crippen LogP contribution in [0, 0.1) is 6.92 Å². The van der Waals surface area contributed by atoms with Crippen LogP contribution in [-0.4, -0.2) is 26.7 Å². The molecule has 16 heavy (non-hydrogen) atoms. The number of nitrogens with zero attached hydrogens (tertiary/aromatic N) is 1. The third-order valence-corrected chi connectivity index (χ3v) is 2.38. The molecule has 3 N–H and O–H groups in total. The van der Waals surface area contributed by atoms with E-state index in [1.165, 1.54) is 11.1 Å². The van der Waals surface area contributed by atoms with Crippen molar-refractivity contribution in [1.29, 1.82) is 0 Å². The molecule has 0 unspecified atom stereocenters. The molecule has 0 fully saturated rings. The van der Waals surface area contributed by atoms with Gasteiger partial charge < -0.3 is 15.8 Å². The van der Waals surface area contributed by atoms with Gasteiger partial charge in [-0.15, -0.1) is 0 Å². The molecule has 1 rings (SSSR count). The van der Waals surface area contributed by atoms with Crippen molar-refractivity contribution in [3.8, 4) is 5.75 Å². The lowest BCUT2D eigenvalue weighted by molar-refractivity contribution is 0.409. The number of guanidine groups is 1. The minimum absolute atomic E-state index is 0.464. The molecule has 0 radical (unpaired) electrons. The number of methoxy groups -OCH3 is 1. The van der Waals surface area contributed by atoms with Crippen LogP contribution in [0.2, 0.25) is 0 Å². The minimum Gasteiger partial charge on any atom is -0.496 e. The number of nitrogens with two attached hydrogens (primary N) is 1. The van der Waals surface area contributed by atoms with Crippen LogP contribution in [0.1, 0.15) is 11.1 Å². The van der Waals surface area contributed by atoms with Gasteiger partial charge in [-0.2, -0.15) is 0 Å². The summed E-state index contributed by atoms with van der Waals surface area (Å²) in [7, 11) is 3.35. The maximum absolute atomic E-state index is 5.55. The molecule has 1 aromatic carbocycles. The van der Waals surface area contributed by atoms with Crippen LogP contribution in [-0.2, 0) is 6.42 Å². The molecule has 1 aromatic rings. The van der Waals surface area contributed by atoms with Crippen molar-refractivity contribution in [3.63, 3.8) is 0 Å². The quantitative estimate of drug-likeness (QED) is 0.591. The Kier molecular flexibility index (Phi) is 4.64. The monoisotopic (exact) mass is 221 g/mol. The van der Waals surface area contributed by atoms with E-state index in [1.54, 1.807) is 14.2 Å².